The molecular weight excluding hydrogens is 148 g/mol. The fourth-order valence-corrected chi connectivity index (χ4v) is 1.66. The van der Waals surface area contributed by atoms with Gasteiger partial charge in [-0.25, -0.2) is 0 Å². The van der Waals surface area contributed by atoms with E-state index in [1.807, 2.05) is 6.20 Å². The van der Waals surface area contributed by atoms with Gasteiger partial charge in [0.05, 0.1) is 17.1 Å². The molecular formula is C10H14N2. The monoisotopic (exact) mass is 162 g/mol. The van der Waals surface area contributed by atoms with Crippen molar-refractivity contribution in [2.45, 2.75) is 39.0 Å². The Morgan fingerprint density at radius 2 is 2.00 bits per heavy atom. The minimum Gasteiger partial charge on any atom is -0.258 e. The average Bonchev–Trinajstić information content (AvgIpc) is 2.17. The third-order valence-corrected chi connectivity index (χ3v) is 2.42. The zero-order chi connectivity index (χ0) is 8.39. The standard InChI is InChI=1S/C10H14N2/c1-2-8-7-11-9-5-3-4-6-10(9)12-8/h7H,2-6H2,1H3. The highest BCUT2D eigenvalue weighted by atomic mass is 14.8. The van der Waals surface area contributed by atoms with Crippen LogP contribution in [0.15, 0.2) is 6.20 Å². The van der Waals surface area contributed by atoms with Crippen LogP contribution in [0.2, 0.25) is 0 Å². The third kappa shape index (κ3) is 1.33. The van der Waals surface area contributed by atoms with Gasteiger partial charge >= 0.3 is 0 Å². The van der Waals surface area contributed by atoms with E-state index in [-0.39, 0.29) is 0 Å². The first-order chi connectivity index (χ1) is 5.90. The molecule has 1 aromatic rings. The first kappa shape index (κ1) is 7.71. The Morgan fingerprint density at radius 1 is 1.25 bits per heavy atom. The summed E-state index contributed by atoms with van der Waals surface area (Å²) < 4.78 is 0. The third-order valence-electron chi connectivity index (χ3n) is 2.42. The van der Waals surface area contributed by atoms with Crippen molar-refractivity contribution in [2.75, 3.05) is 0 Å². The van der Waals surface area contributed by atoms with Crippen LogP contribution in [0.5, 0.6) is 0 Å². The molecule has 2 nitrogen and oxygen atoms in total. The maximum atomic E-state index is 4.57. The van der Waals surface area contributed by atoms with Crippen LogP contribution in [-0.4, -0.2) is 9.97 Å². The molecule has 0 N–H and O–H groups in total. The van der Waals surface area contributed by atoms with Crippen molar-refractivity contribution in [1.82, 2.24) is 9.97 Å². The van der Waals surface area contributed by atoms with Gasteiger partial charge in [-0.05, 0) is 32.1 Å². The maximum absolute atomic E-state index is 4.57. The molecule has 0 bridgehead atoms. The fourth-order valence-electron chi connectivity index (χ4n) is 1.66. The van der Waals surface area contributed by atoms with Gasteiger partial charge in [0.25, 0.3) is 0 Å². The van der Waals surface area contributed by atoms with E-state index < -0.39 is 0 Å². The van der Waals surface area contributed by atoms with Gasteiger partial charge in [0.1, 0.15) is 0 Å². The Hall–Kier alpha value is -0.920. The lowest BCUT2D eigenvalue weighted by Gasteiger charge is -2.13. The molecule has 64 valence electrons. The molecule has 0 spiro atoms. The van der Waals surface area contributed by atoms with Gasteiger partial charge in [0, 0.05) is 6.20 Å². The van der Waals surface area contributed by atoms with Crippen LogP contribution >= 0.6 is 0 Å². The summed E-state index contributed by atoms with van der Waals surface area (Å²) >= 11 is 0. The molecule has 0 amide bonds. The topological polar surface area (TPSA) is 25.8 Å². The van der Waals surface area contributed by atoms with E-state index in [2.05, 4.69) is 16.9 Å². The van der Waals surface area contributed by atoms with Crippen molar-refractivity contribution in [2.24, 2.45) is 0 Å². The zero-order valence-corrected chi connectivity index (χ0v) is 7.51. The van der Waals surface area contributed by atoms with Crippen molar-refractivity contribution < 1.29 is 0 Å². The predicted molar refractivity (Wildman–Crippen MR) is 48.1 cm³/mol. The average molecular weight is 162 g/mol. The van der Waals surface area contributed by atoms with E-state index in [9.17, 15) is 0 Å². The van der Waals surface area contributed by atoms with Crippen molar-refractivity contribution in [1.29, 1.82) is 0 Å². The van der Waals surface area contributed by atoms with Gasteiger partial charge in [-0.15, -0.1) is 0 Å². The molecule has 1 aliphatic carbocycles. The molecule has 1 heterocycles. The second-order valence-electron chi connectivity index (χ2n) is 3.32. The summed E-state index contributed by atoms with van der Waals surface area (Å²) in [5.41, 5.74) is 3.62. The summed E-state index contributed by atoms with van der Waals surface area (Å²) in [7, 11) is 0. The number of hydrogen-bond acceptors (Lipinski definition) is 2. The van der Waals surface area contributed by atoms with E-state index in [1.54, 1.807) is 0 Å². The Labute approximate surface area is 73.1 Å². The number of hydrogen-bond donors (Lipinski definition) is 0. The largest absolute Gasteiger partial charge is 0.258 e. The van der Waals surface area contributed by atoms with E-state index in [4.69, 9.17) is 0 Å². The Kier molecular flexibility index (Phi) is 2.07. The minimum atomic E-state index is 1.00. The highest BCUT2D eigenvalue weighted by Crippen LogP contribution is 2.17. The molecule has 0 saturated heterocycles. The van der Waals surface area contributed by atoms with Crippen molar-refractivity contribution in [3.8, 4) is 0 Å². The Bertz CT molecular complexity index is 281. The van der Waals surface area contributed by atoms with E-state index in [0.29, 0.717) is 0 Å². The number of nitrogens with zero attached hydrogens (tertiary/aromatic N) is 2. The van der Waals surface area contributed by atoms with Crippen LogP contribution in [0.25, 0.3) is 0 Å². The lowest BCUT2D eigenvalue weighted by Crippen LogP contribution is -2.09. The zero-order valence-electron chi connectivity index (χ0n) is 7.51. The first-order valence-corrected chi connectivity index (χ1v) is 4.74. The van der Waals surface area contributed by atoms with Crippen LogP contribution in [0.4, 0.5) is 0 Å². The molecule has 0 aromatic carbocycles. The van der Waals surface area contributed by atoms with Crippen molar-refractivity contribution in [3.05, 3.63) is 23.3 Å². The molecule has 2 heteroatoms. The molecule has 1 aromatic heterocycles. The second-order valence-corrected chi connectivity index (χ2v) is 3.32. The van der Waals surface area contributed by atoms with Crippen LogP contribution in [0.1, 0.15) is 36.8 Å². The second kappa shape index (κ2) is 3.21. The number of aromatic nitrogens is 2. The summed E-state index contributed by atoms with van der Waals surface area (Å²) in [4.78, 5) is 9.00. The van der Waals surface area contributed by atoms with Gasteiger partial charge in [-0.3, -0.25) is 9.97 Å². The SMILES string of the molecule is CCc1cnc2c(n1)CCCC2. The number of rotatable bonds is 1. The first-order valence-electron chi connectivity index (χ1n) is 4.74. The molecule has 0 unspecified atom stereocenters. The summed E-state index contributed by atoms with van der Waals surface area (Å²) in [5, 5.41) is 0. The number of fused-ring (bicyclic) bond motifs is 1. The normalized spacial score (nSPS) is 15.8. The fraction of sp³-hybridized carbons (Fsp3) is 0.600. The summed E-state index contributed by atoms with van der Waals surface area (Å²) in [6.07, 6.45) is 7.76. The van der Waals surface area contributed by atoms with Crippen molar-refractivity contribution >= 4 is 0 Å². The van der Waals surface area contributed by atoms with Gasteiger partial charge < -0.3 is 0 Å². The van der Waals surface area contributed by atoms with E-state index in [0.717, 1.165) is 25.0 Å². The van der Waals surface area contributed by atoms with Crippen LogP contribution in [0.3, 0.4) is 0 Å². The lowest BCUT2D eigenvalue weighted by molar-refractivity contribution is 0.643. The summed E-state index contributed by atoms with van der Waals surface area (Å²) in [5.74, 6) is 0. The molecule has 1 aliphatic rings. The van der Waals surface area contributed by atoms with Crippen LogP contribution in [-0.2, 0) is 19.3 Å². The van der Waals surface area contributed by atoms with Crippen molar-refractivity contribution in [3.63, 3.8) is 0 Å². The van der Waals surface area contributed by atoms with Gasteiger partial charge in [0.15, 0.2) is 0 Å². The quantitative estimate of drug-likeness (QED) is 0.630. The molecule has 0 saturated carbocycles. The molecule has 12 heavy (non-hydrogen) atoms. The Balaban J connectivity index is 2.36. The number of aryl methyl sites for hydroxylation is 3. The summed E-state index contributed by atoms with van der Waals surface area (Å²) in [6, 6.07) is 0. The van der Waals surface area contributed by atoms with E-state index >= 15 is 0 Å². The summed E-state index contributed by atoms with van der Waals surface area (Å²) in [6.45, 7) is 2.12. The molecule has 0 fully saturated rings. The van der Waals surface area contributed by atoms with E-state index in [1.165, 1.54) is 24.2 Å². The Morgan fingerprint density at radius 3 is 2.75 bits per heavy atom. The smallest absolute Gasteiger partial charge is 0.0622 e. The van der Waals surface area contributed by atoms with Gasteiger partial charge in [0.2, 0.25) is 0 Å². The highest BCUT2D eigenvalue weighted by Gasteiger charge is 2.11. The lowest BCUT2D eigenvalue weighted by atomic mass is 10.0. The molecule has 2 rings (SSSR count). The minimum absolute atomic E-state index is 1.00. The van der Waals surface area contributed by atoms with Crippen LogP contribution < -0.4 is 0 Å². The predicted octanol–water partition coefficient (Wildman–Crippen LogP) is 1.92. The van der Waals surface area contributed by atoms with Gasteiger partial charge in [-0.1, -0.05) is 6.92 Å². The molecule has 0 radical (unpaired) electrons. The van der Waals surface area contributed by atoms with Gasteiger partial charge in [-0.2, -0.15) is 0 Å². The molecule has 0 atom stereocenters. The molecule has 0 aliphatic heterocycles. The maximum Gasteiger partial charge on any atom is 0.0622 e. The highest BCUT2D eigenvalue weighted by molar-refractivity contribution is 5.16. The van der Waals surface area contributed by atoms with Crippen LogP contribution in [0, 0.1) is 0 Å².